The molecule has 0 saturated carbocycles. The number of carbonyl (C=O) groups is 1. The Morgan fingerprint density at radius 3 is 2.81 bits per heavy atom. The summed E-state index contributed by atoms with van der Waals surface area (Å²) in [5, 5.41) is 3.43. The van der Waals surface area contributed by atoms with E-state index in [0.29, 0.717) is 0 Å². The summed E-state index contributed by atoms with van der Waals surface area (Å²) in [4.78, 5) is 17.2. The predicted octanol–water partition coefficient (Wildman–Crippen LogP) is 1.97. The number of likely N-dealkylation sites (N-methyl/N-ethyl adjacent to an activating group) is 1. The van der Waals surface area contributed by atoms with Gasteiger partial charge in [0.15, 0.2) is 0 Å². The van der Waals surface area contributed by atoms with E-state index in [1.165, 1.54) is 5.56 Å². The molecule has 2 aliphatic rings. The van der Waals surface area contributed by atoms with Gasteiger partial charge in [-0.05, 0) is 45.4 Å². The van der Waals surface area contributed by atoms with Crippen molar-refractivity contribution in [3.63, 3.8) is 0 Å². The molecule has 1 N–H and O–H groups in total. The number of aryl methyl sites for hydroxylation is 1. The first-order valence-corrected chi connectivity index (χ1v) is 7.82. The highest BCUT2D eigenvalue weighted by Gasteiger charge is 2.36. The van der Waals surface area contributed by atoms with Crippen LogP contribution in [0, 0.1) is 0 Å². The molecule has 1 fully saturated rings. The van der Waals surface area contributed by atoms with Crippen molar-refractivity contribution in [1.82, 2.24) is 9.80 Å². The molecule has 0 aromatic heterocycles. The summed E-state index contributed by atoms with van der Waals surface area (Å²) in [6.07, 6.45) is 1.87. The van der Waals surface area contributed by atoms with Gasteiger partial charge in [-0.3, -0.25) is 9.69 Å². The lowest BCUT2D eigenvalue weighted by Gasteiger charge is -2.46. The molecule has 0 spiro atoms. The summed E-state index contributed by atoms with van der Waals surface area (Å²) in [7, 11) is 2.14. The number of nitrogens with one attached hydrogen (secondary N) is 1. The Labute approximate surface area is 127 Å². The fourth-order valence-electron chi connectivity index (χ4n) is 3.27. The molecule has 1 unspecified atom stereocenters. The van der Waals surface area contributed by atoms with Gasteiger partial charge in [0.1, 0.15) is 6.04 Å². The average Bonchev–Trinajstić information content (AvgIpc) is 2.48. The van der Waals surface area contributed by atoms with Crippen LogP contribution in [0.1, 0.15) is 25.8 Å². The van der Waals surface area contributed by atoms with Crippen LogP contribution in [0.2, 0.25) is 0 Å². The van der Waals surface area contributed by atoms with Gasteiger partial charge in [0.25, 0.3) is 0 Å². The SMILES string of the molecule is CN1CCN(C(=O)C2CCc3ccccc3N2)CC1(C)C. The Morgan fingerprint density at radius 1 is 1.29 bits per heavy atom. The van der Waals surface area contributed by atoms with Crippen molar-refractivity contribution in [1.29, 1.82) is 0 Å². The van der Waals surface area contributed by atoms with Crippen molar-refractivity contribution in [2.75, 3.05) is 32.0 Å². The number of hydrogen-bond donors (Lipinski definition) is 1. The number of hydrogen-bond acceptors (Lipinski definition) is 3. The topological polar surface area (TPSA) is 35.6 Å². The van der Waals surface area contributed by atoms with E-state index in [-0.39, 0.29) is 17.5 Å². The van der Waals surface area contributed by atoms with Crippen LogP contribution in [0.15, 0.2) is 24.3 Å². The third-order valence-corrected chi connectivity index (χ3v) is 4.98. The van der Waals surface area contributed by atoms with Crippen LogP contribution in [-0.4, -0.2) is 54.0 Å². The molecule has 4 nitrogen and oxygen atoms in total. The minimum Gasteiger partial charge on any atom is -0.373 e. The van der Waals surface area contributed by atoms with Crippen molar-refractivity contribution >= 4 is 11.6 Å². The monoisotopic (exact) mass is 287 g/mol. The van der Waals surface area contributed by atoms with Gasteiger partial charge in [-0.2, -0.15) is 0 Å². The minimum atomic E-state index is -0.0703. The van der Waals surface area contributed by atoms with Gasteiger partial charge in [-0.1, -0.05) is 18.2 Å². The fourth-order valence-corrected chi connectivity index (χ4v) is 3.27. The van der Waals surface area contributed by atoms with Gasteiger partial charge in [0, 0.05) is 30.9 Å². The molecule has 3 rings (SSSR count). The van der Waals surface area contributed by atoms with Crippen LogP contribution < -0.4 is 5.32 Å². The standard InChI is InChI=1S/C17H25N3O/c1-17(2)12-20(11-10-19(17)3)16(21)15-9-8-13-6-4-5-7-14(13)18-15/h4-7,15,18H,8-12H2,1-3H3. The molecule has 114 valence electrons. The number of piperazine rings is 1. The molecule has 1 aromatic rings. The van der Waals surface area contributed by atoms with Crippen molar-refractivity contribution in [2.24, 2.45) is 0 Å². The first kappa shape index (κ1) is 14.4. The lowest BCUT2D eigenvalue weighted by molar-refractivity contribution is -0.136. The van der Waals surface area contributed by atoms with E-state index in [4.69, 9.17) is 0 Å². The quantitative estimate of drug-likeness (QED) is 0.858. The Kier molecular flexibility index (Phi) is 3.66. The molecule has 0 aliphatic carbocycles. The number of nitrogens with zero attached hydrogens (tertiary/aromatic N) is 2. The van der Waals surface area contributed by atoms with Gasteiger partial charge in [0.2, 0.25) is 5.91 Å². The molecule has 0 radical (unpaired) electrons. The van der Waals surface area contributed by atoms with Gasteiger partial charge in [-0.25, -0.2) is 0 Å². The average molecular weight is 287 g/mol. The van der Waals surface area contributed by atoms with E-state index in [2.05, 4.69) is 49.3 Å². The molecular formula is C17H25N3O. The van der Waals surface area contributed by atoms with Gasteiger partial charge in [-0.15, -0.1) is 0 Å². The Morgan fingerprint density at radius 2 is 2.05 bits per heavy atom. The third kappa shape index (κ3) is 2.77. The highest BCUT2D eigenvalue weighted by atomic mass is 16.2. The maximum atomic E-state index is 12.8. The summed E-state index contributed by atoms with van der Waals surface area (Å²) in [6, 6.07) is 8.23. The van der Waals surface area contributed by atoms with E-state index in [0.717, 1.165) is 38.2 Å². The molecule has 21 heavy (non-hydrogen) atoms. The van der Waals surface area contributed by atoms with Crippen LogP contribution in [-0.2, 0) is 11.2 Å². The Balaban J connectivity index is 1.70. The highest BCUT2D eigenvalue weighted by Crippen LogP contribution is 2.26. The van der Waals surface area contributed by atoms with E-state index in [9.17, 15) is 4.79 Å². The minimum absolute atomic E-state index is 0.0560. The second kappa shape index (κ2) is 5.34. The zero-order chi connectivity index (χ0) is 15.0. The second-order valence-corrected chi connectivity index (χ2v) is 6.89. The van der Waals surface area contributed by atoms with Crippen LogP contribution >= 0.6 is 0 Å². The van der Waals surface area contributed by atoms with Gasteiger partial charge >= 0.3 is 0 Å². The molecule has 1 amide bonds. The third-order valence-electron chi connectivity index (χ3n) is 4.98. The van der Waals surface area contributed by atoms with Crippen LogP contribution in [0.25, 0.3) is 0 Å². The summed E-state index contributed by atoms with van der Waals surface area (Å²) in [5.74, 6) is 0.255. The number of amides is 1. The Hall–Kier alpha value is -1.55. The van der Waals surface area contributed by atoms with Gasteiger partial charge < -0.3 is 10.2 Å². The van der Waals surface area contributed by atoms with E-state index in [1.54, 1.807) is 0 Å². The summed E-state index contributed by atoms with van der Waals surface area (Å²) < 4.78 is 0. The fraction of sp³-hybridized carbons (Fsp3) is 0.588. The number of rotatable bonds is 1. The number of carbonyl (C=O) groups excluding carboxylic acids is 1. The maximum Gasteiger partial charge on any atom is 0.245 e. The lowest BCUT2D eigenvalue weighted by atomic mass is 9.95. The van der Waals surface area contributed by atoms with Crippen LogP contribution in [0.4, 0.5) is 5.69 Å². The molecule has 4 heteroatoms. The summed E-state index contributed by atoms with van der Waals surface area (Å²) in [5.41, 5.74) is 2.50. The zero-order valence-corrected chi connectivity index (χ0v) is 13.2. The van der Waals surface area contributed by atoms with Crippen molar-refractivity contribution in [3.8, 4) is 0 Å². The van der Waals surface area contributed by atoms with Crippen LogP contribution in [0.3, 0.4) is 0 Å². The Bertz CT molecular complexity index is 541. The molecule has 0 bridgehead atoms. The van der Waals surface area contributed by atoms with Crippen molar-refractivity contribution in [3.05, 3.63) is 29.8 Å². The van der Waals surface area contributed by atoms with Crippen molar-refractivity contribution < 1.29 is 4.79 Å². The number of benzene rings is 1. The largest absolute Gasteiger partial charge is 0.373 e. The lowest BCUT2D eigenvalue weighted by Crippen LogP contribution is -2.61. The number of fused-ring (bicyclic) bond motifs is 1. The van der Waals surface area contributed by atoms with Gasteiger partial charge in [0.05, 0.1) is 0 Å². The highest BCUT2D eigenvalue weighted by molar-refractivity contribution is 5.86. The number of anilines is 1. The predicted molar refractivity (Wildman–Crippen MR) is 85.5 cm³/mol. The normalized spacial score (nSPS) is 25.1. The molecule has 2 aliphatic heterocycles. The molecule has 1 saturated heterocycles. The zero-order valence-electron chi connectivity index (χ0n) is 13.2. The smallest absolute Gasteiger partial charge is 0.245 e. The van der Waals surface area contributed by atoms with Crippen LogP contribution in [0.5, 0.6) is 0 Å². The summed E-state index contributed by atoms with van der Waals surface area (Å²) >= 11 is 0. The molecule has 1 atom stereocenters. The number of para-hydroxylation sites is 1. The van der Waals surface area contributed by atoms with E-state index >= 15 is 0 Å². The first-order valence-electron chi connectivity index (χ1n) is 7.82. The second-order valence-electron chi connectivity index (χ2n) is 6.89. The first-order chi connectivity index (χ1) is 9.97. The van der Waals surface area contributed by atoms with E-state index in [1.807, 2.05) is 11.0 Å². The maximum absolute atomic E-state index is 12.8. The van der Waals surface area contributed by atoms with E-state index < -0.39 is 0 Å². The summed E-state index contributed by atoms with van der Waals surface area (Å²) in [6.45, 7) is 6.99. The van der Waals surface area contributed by atoms with Crippen molar-refractivity contribution in [2.45, 2.75) is 38.3 Å². The molecule has 2 heterocycles. The molecular weight excluding hydrogens is 262 g/mol. The molecule has 1 aromatic carbocycles.